The Hall–Kier alpha value is 1.71. The van der Waals surface area contributed by atoms with Crippen LogP contribution in [0.25, 0.3) is 0 Å². The maximum atomic E-state index is 5.09. The quantitative estimate of drug-likeness (QED) is 0.243. The largest absolute Gasteiger partial charge is 1.00 e. The average Bonchev–Trinajstić information content (AvgIpc) is 1.63. The van der Waals surface area contributed by atoms with Crippen molar-refractivity contribution in [3.8, 4) is 0 Å². The average molecular weight is 203 g/mol. The summed E-state index contributed by atoms with van der Waals surface area (Å²) in [5.41, 5.74) is 0. The molecule has 0 aliphatic heterocycles. The number of rotatable bonds is 3. The monoisotopic (exact) mass is 203 g/mol. The summed E-state index contributed by atoms with van der Waals surface area (Å²) < 4.78 is 5.44. The van der Waals surface area contributed by atoms with E-state index in [1.807, 2.05) is 13.8 Å². The van der Waals surface area contributed by atoms with E-state index in [2.05, 4.69) is 30.2 Å². The Bertz CT molecular complexity index is 102. The van der Waals surface area contributed by atoms with Gasteiger partial charge in [-0.2, -0.15) is 0 Å². The molecule has 0 fully saturated rings. The maximum Gasteiger partial charge on any atom is 1.00 e. The molecule has 0 aliphatic rings. The van der Waals surface area contributed by atoms with E-state index in [0.717, 1.165) is 0 Å². The van der Waals surface area contributed by atoms with Gasteiger partial charge in [-0.3, -0.25) is 0 Å². The van der Waals surface area contributed by atoms with Gasteiger partial charge in [0, 0.05) is 6.61 Å². The molecule has 10 heavy (non-hydrogen) atoms. The summed E-state index contributed by atoms with van der Waals surface area (Å²) >= 11 is 9.22. The zero-order valence-corrected chi connectivity index (χ0v) is 11.3. The Balaban J connectivity index is 0. The van der Waals surface area contributed by atoms with E-state index in [9.17, 15) is 0 Å². The SMILES string of the molecule is CCOC(C)NC(=S)[S-].[K+]. The van der Waals surface area contributed by atoms with Gasteiger partial charge in [-0.25, -0.2) is 0 Å². The van der Waals surface area contributed by atoms with Crippen LogP contribution >= 0.6 is 12.2 Å². The van der Waals surface area contributed by atoms with Crippen LogP contribution in [0.5, 0.6) is 0 Å². The van der Waals surface area contributed by atoms with Gasteiger partial charge in [0.05, 0.1) is 0 Å². The molecule has 0 amide bonds. The number of thiocarbonyl (C=S) groups is 1. The molecule has 1 N–H and O–H groups in total. The second-order valence-electron chi connectivity index (χ2n) is 1.53. The molecule has 0 radical (unpaired) electrons. The van der Waals surface area contributed by atoms with E-state index in [-0.39, 0.29) is 57.6 Å². The zero-order valence-electron chi connectivity index (χ0n) is 6.51. The Morgan fingerprint density at radius 2 is 2.30 bits per heavy atom. The molecule has 0 saturated heterocycles. The van der Waals surface area contributed by atoms with Crippen molar-refractivity contribution >= 4 is 29.2 Å². The molecule has 54 valence electrons. The molecule has 0 aromatic heterocycles. The smallest absolute Gasteiger partial charge is 0.412 e. The third-order valence-electron chi connectivity index (χ3n) is 0.738. The number of hydrogen-bond donors (Lipinski definition) is 1. The first kappa shape index (κ1) is 14.2. The zero-order chi connectivity index (χ0) is 7.28. The summed E-state index contributed by atoms with van der Waals surface area (Å²) in [7, 11) is 0. The van der Waals surface area contributed by atoms with Crippen LogP contribution in [0.4, 0.5) is 0 Å². The van der Waals surface area contributed by atoms with Gasteiger partial charge in [-0.05, 0) is 13.8 Å². The van der Waals surface area contributed by atoms with Gasteiger partial charge in [-0.15, -0.1) is 0 Å². The van der Waals surface area contributed by atoms with E-state index in [4.69, 9.17) is 4.74 Å². The van der Waals surface area contributed by atoms with E-state index in [0.29, 0.717) is 10.9 Å². The summed E-state index contributed by atoms with van der Waals surface area (Å²) in [6, 6.07) is 0. The molecule has 0 spiro atoms. The molecule has 0 bridgehead atoms. The molecule has 1 unspecified atom stereocenters. The maximum absolute atomic E-state index is 5.09. The molecule has 5 heteroatoms. The third-order valence-corrected chi connectivity index (χ3v) is 0.973. The standard InChI is InChI=1S/C5H11NOS2.K/c1-3-7-4(2)6-5(8)9;/h4H,3H2,1-2H3,(H2,6,8,9);/q;+1/p-1. The molecule has 0 aromatic rings. The second kappa shape index (κ2) is 8.80. The third kappa shape index (κ3) is 9.71. The molecule has 2 nitrogen and oxygen atoms in total. The molecule has 1 atom stereocenters. The molecule has 0 aromatic carbocycles. The van der Waals surface area contributed by atoms with Gasteiger partial charge in [0.15, 0.2) is 0 Å². The number of ether oxygens (including phenoxy) is 1. The summed E-state index contributed by atoms with van der Waals surface area (Å²) in [5, 5.41) is 2.77. The predicted molar refractivity (Wildman–Crippen MR) is 44.2 cm³/mol. The van der Waals surface area contributed by atoms with Gasteiger partial charge in [0.2, 0.25) is 0 Å². The first-order chi connectivity index (χ1) is 4.16. The summed E-state index contributed by atoms with van der Waals surface area (Å²) in [6.45, 7) is 4.46. The molecule has 0 aliphatic carbocycles. The van der Waals surface area contributed by atoms with Crippen LogP contribution < -0.4 is 56.7 Å². The summed E-state index contributed by atoms with van der Waals surface area (Å²) in [4.78, 5) is 0. The van der Waals surface area contributed by atoms with Crippen molar-refractivity contribution < 1.29 is 56.1 Å². The fraction of sp³-hybridized carbons (Fsp3) is 0.800. The Morgan fingerprint density at radius 1 is 1.80 bits per heavy atom. The van der Waals surface area contributed by atoms with Crippen molar-refractivity contribution in [2.24, 2.45) is 0 Å². The van der Waals surface area contributed by atoms with E-state index in [1.54, 1.807) is 0 Å². The van der Waals surface area contributed by atoms with Gasteiger partial charge < -0.3 is 34.9 Å². The van der Waals surface area contributed by atoms with Crippen LogP contribution in [0.3, 0.4) is 0 Å². The van der Waals surface area contributed by atoms with Crippen molar-refractivity contribution in [2.75, 3.05) is 6.61 Å². The minimum Gasteiger partial charge on any atom is -0.412 e. The first-order valence-electron chi connectivity index (χ1n) is 2.76. The van der Waals surface area contributed by atoms with E-state index in [1.165, 1.54) is 0 Å². The fourth-order valence-electron chi connectivity index (χ4n) is 0.458. The van der Waals surface area contributed by atoms with Crippen molar-refractivity contribution in [2.45, 2.75) is 20.1 Å². The minimum atomic E-state index is -0.0556. The van der Waals surface area contributed by atoms with Crippen molar-refractivity contribution in [3.05, 3.63) is 0 Å². The Morgan fingerprint density at radius 3 is 2.60 bits per heavy atom. The first-order valence-corrected chi connectivity index (χ1v) is 3.57. The van der Waals surface area contributed by atoms with Crippen LogP contribution in [0.1, 0.15) is 13.8 Å². The van der Waals surface area contributed by atoms with Crippen LogP contribution in [0.2, 0.25) is 0 Å². The minimum absolute atomic E-state index is 0. The topological polar surface area (TPSA) is 21.3 Å². The number of nitrogens with one attached hydrogen (secondary N) is 1. The fourth-order valence-corrected chi connectivity index (χ4v) is 0.790. The van der Waals surface area contributed by atoms with Gasteiger partial charge in [-0.1, -0.05) is 4.32 Å². The van der Waals surface area contributed by atoms with E-state index >= 15 is 0 Å². The molecular formula is C5H10KNOS2. The van der Waals surface area contributed by atoms with Crippen molar-refractivity contribution in [1.82, 2.24) is 5.32 Å². The second-order valence-corrected chi connectivity index (χ2v) is 2.60. The molecule has 0 heterocycles. The van der Waals surface area contributed by atoms with Crippen LogP contribution in [0.15, 0.2) is 0 Å². The van der Waals surface area contributed by atoms with Crippen molar-refractivity contribution in [1.29, 1.82) is 0 Å². The summed E-state index contributed by atoms with van der Waals surface area (Å²) in [5.74, 6) is 0. The van der Waals surface area contributed by atoms with Crippen molar-refractivity contribution in [3.63, 3.8) is 0 Å². The normalized spacial score (nSPS) is 11.4. The molecule has 0 rings (SSSR count). The van der Waals surface area contributed by atoms with Gasteiger partial charge in [0.1, 0.15) is 6.23 Å². The van der Waals surface area contributed by atoms with Crippen LogP contribution in [0, 0.1) is 0 Å². The Kier molecular flexibility index (Phi) is 12.5. The number of hydrogen-bond acceptors (Lipinski definition) is 3. The summed E-state index contributed by atoms with van der Waals surface area (Å²) in [6.07, 6.45) is -0.0556. The molecule has 0 saturated carbocycles. The van der Waals surface area contributed by atoms with Gasteiger partial charge in [0.25, 0.3) is 0 Å². The van der Waals surface area contributed by atoms with E-state index < -0.39 is 0 Å². The Labute approximate surface area is 115 Å². The van der Waals surface area contributed by atoms with Crippen LogP contribution in [-0.2, 0) is 17.4 Å². The van der Waals surface area contributed by atoms with Gasteiger partial charge >= 0.3 is 51.4 Å². The predicted octanol–water partition coefficient (Wildman–Crippen LogP) is -2.21. The van der Waals surface area contributed by atoms with Crippen LogP contribution in [-0.4, -0.2) is 17.2 Å². The molecular weight excluding hydrogens is 193 g/mol.